The second-order valence-electron chi connectivity index (χ2n) is 6.72. The van der Waals surface area contributed by atoms with Gasteiger partial charge in [-0.3, -0.25) is 4.79 Å². The van der Waals surface area contributed by atoms with E-state index in [1.54, 1.807) is 17.0 Å². The lowest BCUT2D eigenvalue weighted by Crippen LogP contribution is -2.49. The number of halogens is 2. The summed E-state index contributed by atoms with van der Waals surface area (Å²) in [5, 5.41) is 0. The molecule has 1 aliphatic carbocycles. The van der Waals surface area contributed by atoms with Gasteiger partial charge in [-0.05, 0) is 56.9 Å². The molecular weight excluding hydrogens is 274 g/mol. The van der Waals surface area contributed by atoms with E-state index >= 15 is 0 Å². The van der Waals surface area contributed by atoms with Crippen LogP contribution in [-0.2, 0) is 4.79 Å². The molecule has 1 spiro atoms. The average Bonchev–Trinajstić information content (AvgIpc) is 2.65. The summed E-state index contributed by atoms with van der Waals surface area (Å²) < 4.78 is 27.5. The fourth-order valence-corrected chi connectivity index (χ4v) is 4.01. The van der Waals surface area contributed by atoms with Gasteiger partial charge in [0.05, 0.1) is 5.41 Å². The van der Waals surface area contributed by atoms with Gasteiger partial charge in [0.25, 0.3) is 0 Å². The van der Waals surface area contributed by atoms with Crippen LogP contribution < -0.4 is 10.6 Å². The van der Waals surface area contributed by atoms with Crippen LogP contribution in [0, 0.1) is 11.2 Å². The number of benzene rings is 1. The molecule has 2 fully saturated rings. The average molecular weight is 294 g/mol. The molecule has 3 unspecified atom stereocenters. The van der Waals surface area contributed by atoms with Crippen molar-refractivity contribution in [3.8, 4) is 0 Å². The molecule has 1 saturated heterocycles. The van der Waals surface area contributed by atoms with E-state index in [9.17, 15) is 13.6 Å². The molecular formula is C16H20F2N2O. The molecule has 3 atom stereocenters. The molecule has 1 heterocycles. The molecule has 2 aliphatic rings. The number of carbonyl (C=O) groups excluding carboxylic acids is 1. The summed E-state index contributed by atoms with van der Waals surface area (Å²) in [6.45, 7) is 2.06. The first-order chi connectivity index (χ1) is 9.81. The van der Waals surface area contributed by atoms with Crippen LogP contribution in [0.4, 0.5) is 14.5 Å². The van der Waals surface area contributed by atoms with E-state index in [1.165, 1.54) is 19.1 Å². The minimum atomic E-state index is -1.40. The number of nitrogens with two attached hydrogens (primary N) is 1. The molecule has 1 amide bonds. The largest absolute Gasteiger partial charge is 0.328 e. The van der Waals surface area contributed by atoms with Gasteiger partial charge in [-0.25, -0.2) is 8.78 Å². The van der Waals surface area contributed by atoms with E-state index in [0.29, 0.717) is 31.5 Å². The zero-order valence-corrected chi connectivity index (χ0v) is 12.1. The van der Waals surface area contributed by atoms with Crippen molar-refractivity contribution < 1.29 is 13.6 Å². The SMILES string of the molecule is CC1(F)CC(N)CC2(CCN(c3ccc(F)cc3)C2=O)C1. The number of alkyl halides is 1. The van der Waals surface area contributed by atoms with Crippen LogP contribution in [0.25, 0.3) is 0 Å². The lowest BCUT2D eigenvalue weighted by Gasteiger charge is -2.41. The standard InChI is InChI=1S/C16H20F2N2O/c1-15(18)8-12(19)9-16(10-15)6-7-20(14(16)21)13-4-2-11(17)3-5-13/h2-5,12H,6-10,19H2,1H3. The van der Waals surface area contributed by atoms with E-state index in [4.69, 9.17) is 5.73 Å². The van der Waals surface area contributed by atoms with Gasteiger partial charge < -0.3 is 10.6 Å². The van der Waals surface area contributed by atoms with Crippen LogP contribution in [0.1, 0.15) is 32.6 Å². The highest BCUT2D eigenvalue weighted by Gasteiger charge is 2.54. The van der Waals surface area contributed by atoms with Gasteiger partial charge in [-0.2, -0.15) is 0 Å². The summed E-state index contributed by atoms with van der Waals surface area (Å²) in [5.41, 5.74) is 4.54. The molecule has 1 aromatic carbocycles. The Morgan fingerprint density at radius 3 is 2.57 bits per heavy atom. The predicted molar refractivity (Wildman–Crippen MR) is 77.1 cm³/mol. The number of anilines is 1. The lowest BCUT2D eigenvalue weighted by atomic mass is 9.66. The summed E-state index contributed by atoms with van der Waals surface area (Å²) in [6, 6.07) is 5.55. The van der Waals surface area contributed by atoms with Crippen LogP contribution in [0.3, 0.4) is 0 Å². The third kappa shape index (κ3) is 2.55. The molecule has 3 rings (SSSR count). The Morgan fingerprint density at radius 1 is 1.29 bits per heavy atom. The molecule has 0 aromatic heterocycles. The minimum Gasteiger partial charge on any atom is -0.328 e. The highest BCUT2D eigenvalue weighted by Crippen LogP contribution is 2.50. The van der Waals surface area contributed by atoms with Gasteiger partial charge in [-0.15, -0.1) is 0 Å². The Morgan fingerprint density at radius 2 is 1.95 bits per heavy atom. The first kappa shape index (κ1) is 14.4. The van der Waals surface area contributed by atoms with E-state index in [-0.39, 0.29) is 24.2 Å². The molecule has 5 heteroatoms. The Bertz CT molecular complexity index is 558. The first-order valence-corrected chi connectivity index (χ1v) is 7.33. The number of hydrogen-bond acceptors (Lipinski definition) is 2. The first-order valence-electron chi connectivity index (χ1n) is 7.33. The molecule has 114 valence electrons. The van der Waals surface area contributed by atoms with Crippen molar-refractivity contribution in [2.24, 2.45) is 11.1 Å². The number of rotatable bonds is 1. The van der Waals surface area contributed by atoms with Crippen LogP contribution in [0.2, 0.25) is 0 Å². The van der Waals surface area contributed by atoms with Gasteiger partial charge in [0.15, 0.2) is 0 Å². The van der Waals surface area contributed by atoms with Crippen LogP contribution in [-0.4, -0.2) is 24.2 Å². The highest BCUT2D eigenvalue weighted by molar-refractivity contribution is 6.00. The Hall–Kier alpha value is -1.49. The lowest BCUT2D eigenvalue weighted by molar-refractivity contribution is -0.130. The Balaban J connectivity index is 1.87. The van der Waals surface area contributed by atoms with Crippen molar-refractivity contribution in [1.29, 1.82) is 0 Å². The number of nitrogens with zero attached hydrogens (tertiary/aromatic N) is 1. The Kier molecular flexibility index (Phi) is 3.28. The summed E-state index contributed by atoms with van der Waals surface area (Å²) in [4.78, 5) is 14.4. The fraction of sp³-hybridized carbons (Fsp3) is 0.562. The summed E-state index contributed by atoms with van der Waals surface area (Å²) in [7, 11) is 0. The molecule has 0 radical (unpaired) electrons. The van der Waals surface area contributed by atoms with Gasteiger partial charge in [0, 0.05) is 18.3 Å². The van der Waals surface area contributed by atoms with Gasteiger partial charge in [0.1, 0.15) is 11.5 Å². The van der Waals surface area contributed by atoms with Crippen molar-refractivity contribution in [1.82, 2.24) is 0 Å². The zero-order chi connectivity index (χ0) is 15.3. The molecule has 1 saturated carbocycles. The molecule has 2 N–H and O–H groups in total. The predicted octanol–water partition coefficient (Wildman–Crippen LogP) is 2.79. The fourth-order valence-electron chi connectivity index (χ4n) is 4.01. The second-order valence-corrected chi connectivity index (χ2v) is 6.72. The zero-order valence-electron chi connectivity index (χ0n) is 12.1. The maximum Gasteiger partial charge on any atom is 0.233 e. The second kappa shape index (κ2) is 4.77. The Labute approximate surface area is 123 Å². The van der Waals surface area contributed by atoms with E-state index in [0.717, 1.165) is 0 Å². The third-order valence-corrected chi connectivity index (χ3v) is 4.70. The molecule has 1 aliphatic heterocycles. The quantitative estimate of drug-likeness (QED) is 0.865. The van der Waals surface area contributed by atoms with Gasteiger partial charge in [-0.1, -0.05) is 0 Å². The number of amides is 1. The minimum absolute atomic E-state index is 0.0758. The van der Waals surface area contributed by atoms with Gasteiger partial charge >= 0.3 is 0 Å². The summed E-state index contributed by atoms with van der Waals surface area (Å²) >= 11 is 0. The smallest absolute Gasteiger partial charge is 0.233 e. The topological polar surface area (TPSA) is 46.3 Å². The number of hydrogen-bond donors (Lipinski definition) is 1. The monoisotopic (exact) mass is 294 g/mol. The number of carbonyl (C=O) groups is 1. The van der Waals surface area contributed by atoms with Gasteiger partial charge in [0.2, 0.25) is 5.91 Å². The van der Waals surface area contributed by atoms with Crippen LogP contribution >= 0.6 is 0 Å². The summed E-state index contributed by atoms with van der Waals surface area (Å²) in [5.74, 6) is -0.413. The van der Waals surface area contributed by atoms with E-state index in [1.807, 2.05) is 0 Å². The van der Waals surface area contributed by atoms with Crippen molar-refractivity contribution >= 4 is 11.6 Å². The normalized spacial score (nSPS) is 36.5. The molecule has 0 bridgehead atoms. The van der Waals surface area contributed by atoms with E-state index < -0.39 is 11.1 Å². The maximum absolute atomic E-state index is 14.5. The third-order valence-electron chi connectivity index (χ3n) is 4.70. The highest BCUT2D eigenvalue weighted by atomic mass is 19.1. The molecule has 21 heavy (non-hydrogen) atoms. The molecule has 1 aromatic rings. The van der Waals surface area contributed by atoms with E-state index in [2.05, 4.69) is 0 Å². The summed E-state index contributed by atoms with van der Waals surface area (Å²) in [6.07, 6.45) is 1.67. The van der Waals surface area contributed by atoms with Crippen LogP contribution in [0.15, 0.2) is 24.3 Å². The van der Waals surface area contributed by atoms with Crippen molar-refractivity contribution in [3.05, 3.63) is 30.1 Å². The van der Waals surface area contributed by atoms with Crippen molar-refractivity contribution in [2.45, 2.75) is 44.3 Å². The van der Waals surface area contributed by atoms with Crippen molar-refractivity contribution in [3.63, 3.8) is 0 Å². The van der Waals surface area contributed by atoms with Crippen molar-refractivity contribution in [2.75, 3.05) is 11.4 Å². The maximum atomic E-state index is 14.5. The van der Waals surface area contributed by atoms with Crippen LogP contribution in [0.5, 0.6) is 0 Å². The molecule has 3 nitrogen and oxygen atoms in total.